The van der Waals surface area contributed by atoms with Crippen molar-refractivity contribution in [2.24, 2.45) is 28.6 Å². The van der Waals surface area contributed by atoms with Gasteiger partial charge in [-0.25, -0.2) is 0 Å². The minimum atomic E-state index is -0.855. The molecule has 0 aromatic heterocycles. The molecule has 1 heterocycles. The molecule has 1 saturated heterocycles. The van der Waals surface area contributed by atoms with Crippen molar-refractivity contribution in [2.45, 2.75) is 114 Å². The van der Waals surface area contributed by atoms with E-state index in [9.17, 15) is 15.3 Å². The Kier molecular flexibility index (Phi) is 4.62. The first-order valence-corrected chi connectivity index (χ1v) is 14.1. The molecule has 5 heteroatoms. The van der Waals surface area contributed by atoms with Crippen LogP contribution in [0.4, 0.5) is 0 Å². The molecule has 192 valence electrons. The Balaban J connectivity index is 1.36. The third-order valence-corrected chi connectivity index (χ3v) is 12.0. The van der Waals surface area contributed by atoms with Gasteiger partial charge in [0.2, 0.25) is 0 Å². The summed E-state index contributed by atoms with van der Waals surface area (Å²) in [4.78, 5) is 0. The highest BCUT2D eigenvalue weighted by atomic mass is 16.7. The van der Waals surface area contributed by atoms with Crippen LogP contribution in [0, 0.1) is 28.6 Å². The van der Waals surface area contributed by atoms with Crippen LogP contribution >= 0.6 is 0 Å². The lowest BCUT2D eigenvalue weighted by Crippen LogP contribution is -2.70. The number of ether oxygens (including phenoxy) is 2. The fraction of sp³-hybridized carbons (Fsp3) is 0.800. The first-order valence-electron chi connectivity index (χ1n) is 14.1. The third-order valence-electron chi connectivity index (χ3n) is 12.0. The van der Waals surface area contributed by atoms with E-state index in [2.05, 4.69) is 26.8 Å². The van der Waals surface area contributed by atoms with Gasteiger partial charge in [-0.05, 0) is 118 Å². The number of phenolic OH excluding ortho intramolecular Hbond substituents is 1. The predicted molar refractivity (Wildman–Crippen MR) is 132 cm³/mol. The van der Waals surface area contributed by atoms with Crippen molar-refractivity contribution < 1.29 is 24.8 Å². The molecule has 4 saturated carbocycles. The molecule has 7 rings (SSSR count). The molecule has 5 nitrogen and oxygen atoms in total. The zero-order valence-corrected chi connectivity index (χ0v) is 21.6. The molecule has 1 aliphatic heterocycles. The Morgan fingerprint density at radius 2 is 1.83 bits per heavy atom. The van der Waals surface area contributed by atoms with Gasteiger partial charge < -0.3 is 24.8 Å². The fourth-order valence-corrected chi connectivity index (χ4v) is 10.5. The van der Waals surface area contributed by atoms with Crippen molar-refractivity contribution >= 4 is 0 Å². The molecule has 0 amide bonds. The molecule has 1 aromatic rings. The Morgan fingerprint density at radius 1 is 1.00 bits per heavy atom. The summed E-state index contributed by atoms with van der Waals surface area (Å²) >= 11 is 0. The van der Waals surface area contributed by atoms with E-state index in [1.807, 2.05) is 12.1 Å². The molecule has 5 fully saturated rings. The number of aliphatic hydroxyl groups excluding tert-OH is 1. The van der Waals surface area contributed by atoms with Gasteiger partial charge in [-0.2, -0.15) is 0 Å². The van der Waals surface area contributed by atoms with Gasteiger partial charge in [0, 0.05) is 18.3 Å². The van der Waals surface area contributed by atoms with Gasteiger partial charge in [0.05, 0.1) is 23.9 Å². The molecule has 6 aliphatic rings. The van der Waals surface area contributed by atoms with E-state index in [4.69, 9.17) is 9.47 Å². The van der Waals surface area contributed by atoms with Crippen molar-refractivity contribution in [3.05, 3.63) is 29.3 Å². The van der Waals surface area contributed by atoms with E-state index < -0.39 is 11.4 Å². The van der Waals surface area contributed by atoms with Crippen molar-refractivity contribution in [1.82, 2.24) is 0 Å². The van der Waals surface area contributed by atoms with Crippen LogP contribution in [0.25, 0.3) is 0 Å². The van der Waals surface area contributed by atoms with Gasteiger partial charge in [-0.1, -0.05) is 13.0 Å². The molecule has 2 spiro atoms. The number of hydrogen-bond donors (Lipinski definition) is 3. The average Bonchev–Trinajstić information content (AvgIpc) is 3.07. The van der Waals surface area contributed by atoms with Crippen molar-refractivity contribution in [3.63, 3.8) is 0 Å². The second-order valence-corrected chi connectivity index (χ2v) is 14.0. The summed E-state index contributed by atoms with van der Waals surface area (Å²) in [7, 11) is 0. The van der Waals surface area contributed by atoms with Gasteiger partial charge in [0.1, 0.15) is 5.75 Å². The standard InChI is InChI=1S/C30H42O5/c1-26(2)12-13-34-30(35-26)11-10-28-15-18-14-19(31)4-5-20(18)22-16-27(3)23(6-7-24(27)32)21(25(22)28)8-9-29(28,33)17-30/h4-5,14,21-25,31-33H,6-13,15-17H2,1-3H3/t21-,22?,23-,24-,25?,27-,28-,29+,30?/m0/s1. The third kappa shape index (κ3) is 2.96. The van der Waals surface area contributed by atoms with Gasteiger partial charge in [0.25, 0.3) is 0 Å². The van der Waals surface area contributed by atoms with Crippen molar-refractivity contribution in [3.8, 4) is 5.75 Å². The van der Waals surface area contributed by atoms with Crippen molar-refractivity contribution in [2.75, 3.05) is 6.61 Å². The molecule has 9 atom stereocenters. The molecule has 3 unspecified atom stereocenters. The number of aliphatic hydroxyl groups is 2. The SMILES string of the molecule is CC1(C)CCOC2(CC[C@@]34Cc5cc(O)ccc5C5C[C@]6(C)[C@@H](O)CC[C@H]6[C@H](CC[C@@]3(O)C2)C54)O1. The quantitative estimate of drug-likeness (QED) is 0.482. The lowest BCUT2D eigenvalue weighted by molar-refractivity contribution is -0.371. The number of hydrogen-bond acceptors (Lipinski definition) is 5. The van der Waals surface area contributed by atoms with Crippen LogP contribution in [0.5, 0.6) is 5.75 Å². The minimum absolute atomic E-state index is 0.0650. The summed E-state index contributed by atoms with van der Waals surface area (Å²) < 4.78 is 13.0. The molecule has 0 bridgehead atoms. The summed E-state index contributed by atoms with van der Waals surface area (Å²) in [5.41, 5.74) is 1.14. The second-order valence-electron chi connectivity index (χ2n) is 14.0. The van der Waals surface area contributed by atoms with Gasteiger partial charge in [-0.15, -0.1) is 0 Å². The summed E-state index contributed by atoms with van der Waals surface area (Å²) in [5, 5.41) is 34.3. The van der Waals surface area contributed by atoms with E-state index in [1.54, 1.807) is 0 Å². The van der Waals surface area contributed by atoms with Crippen LogP contribution in [0.1, 0.15) is 95.6 Å². The summed E-state index contributed by atoms with van der Waals surface area (Å²) in [5.74, 6) is 1.37. The number of rotatable bonds is 0. The maximum Gasteiger partial charge on any atom is 0.171 e. The average molecular weight is 483 g/mol. The lowest BCUT2D eigenvalue weighted by Gasteiger charge is -2.70. The molecule has 1 aromatic carbocycles. The van der Waals surface area contributed by atoms with Crippen LogP contribution in [-0.2, 0) is 15.9 Å². The van der Waals surface area contributed by atoms with Gasteiger partial charge in [-0.3, -0.25) is 0 Å². The smallest absolute Gasteiger partial charge is 0.171 e. The zero-order valence-electron chi connectivity index (χ0n) is 21.6. The van der Waals surface area contributed by atoms with E-state index >= 15 is 0 Å². The monoisotopic (exact) mass is 482 g/mol. The molecule has 0 radical (unpaired) electrons. The first kappa shape index (κ1) is 23.0. The summed E-state index contributed by atoms with van der Waals surface area (Å²) in [6.45, 7) is 7.30. The fourth-order valence-electron chi connectivity index (χ4n) is 10.5. The van der Waals surface area contributed by atoms with Crippen LogP contribution in [0.2, 0.25) is 0 Å². The molecule has 35 heavy (non-hydrogen) atoms. The lowest BCUT2D eigenvalue weighted by atomic mass is 9.37. The topological polar surface area (TPSA) is 79.2 Å². The van der Waals surface area contributed by atoms with E-state index in [1.165, 1.54) is 11.1 Å². The number of phenols is 1. The molecule has 5 aliphatic carbocycles. The van der Waals surface area contributed by atoms with E-state index in [-0.39, 0.29) is 22.5 Å². The summed E-state index contributed by atoms with van der Waals surface area (Å²) in [6.07, 6.45) is 8.45. The maximum absolute atomic E-state index is 12.7. The van der Waals surface area contributed by atoms with Crippen LogP contribution < -0.4 is 0 Å². The Labute approximate surface area is 209 Å². The number of fused-ring (bicyclic) bond motifs is 4. The minimum Gasteiger partial charge on any atom is -0.508 e. The number of benzene rings is 1. The van der Waals surface area contributed by atoms with E-state index in [0.29, 0.717) is 42.4 Å². The van der Waals surface area contributed by atoms with Crippen LogP contribution in [0.3, 0.4) is 0 Å². The first-order chi connectivity index (χ1) is 16.5. The van der Waals surface area contributed by atoms with Crippen molar-refractivity contribution in [1.29, 1.82) is 0 Å². The molecule has 3 N–H and O–H groups in total. The maximum atomic E-state index is 12.7. The number of aromatic hydroxyl groups is 1. The highest BCUT2D eigenvalue weighted by molar-refractivity contribution is 5.44. The zero-order chi connectivity index (χ0) is 24.4. The largest absolute Gasteiger partial charge is 0.508 e. The highest BCUT2D eigenvalue weighted by Gasteiger charge is 2.72. The van der Waals surface area contributed by atoms with Crippen LogP contribution in [0.15, 0.2) is 18.2 Å². The predicted octanol–water partition coefficient (Wildman–Crippen LogP) is 5.05. The van der Waals surface area contributed by atoms with E-state index in [0.717, 1.165) is 57.8 Å². The normalized spacial score (nSPS) is 51.7. The summed E-state index contributed by atoms with van der Waals surface area (Å²) in [6, 6.07) is 5.92. The van der Waals surface area contributed by atoms with Crippen LogP contribution in [-0.4, -0.2) is 45.0 Å². The Hall–Kier alpha value is -1.14. The Morgan fingerprint density at radius 3 is 2.63 bits per heavy atom. The molecular formula is C30H42O5. The highest BCUT2D eigenvalue weighted by Crippen LogP contribution is 2.74. The van der Waals surface area contributed by atoms with Gasteiger partial charge >= 0.3 is 0 Å². The van der Waals surface area contributed by atoms with Gasteiger partial charge in [0.15, 0.2) is 5.79 Å². The second kappa shape index (κ2) is 7.03. The molecular weight excluding hydrogens is 440 g/mol. The Bertz CT molecular complexity index is 1050.